The quantitative estimate of drug-likeness (QED) is 0.730. The molecular weight excluding hydrogens is 338 g/mol. The van der Waals surface area contributed by atoms with Crippen molar-refractivity contribution < 1.29 is 4.74 Å². The Kier molecular flexibility index (Phi) is 5.51. The van der Waals surface area contributed by atoms with E-state index in [1.165, 1.54) is 32.1 Å². The van der Waals surface area contributed by atoms with Crippen molar-refractivity contribution in [1.29, 1.82) is 0 Å². The van der Waals surface area contributed by atoms with Crippen LogP contribution < -0.4 is 10.1 Å². The summed E-state index contributed by atoms with van der Waals surface area (Å²) < 4.78 is 7.99. The van der Waals surface area contributed by atoms with Gasteiger partial charge in [-0.2, -0.15) is 0 Å². The highest BCUT2D eigenvalue weighted by Gasteiger charge is 2.19. The maximum Gasteiger partial charge on any atom is 0.151 e. The Bertz CT molecular complexity index is 820. The molecule has 1 aromatic carbocycles. The van der Waals surface area contributed by atoms with Gasteiger partial charge in [-0.3, -0.25) is 0 Å². The molecule has 2 aliphatic rings. The van der Waals surface area contributed by atoms with Gasteiger partial charge in [-0.15, -0.1) is 5.10 Å². The third-order valence-corrected chi connectivity index (χ3v) is 5.33. The fourth-order valence-corrected chi connectivity index (χ4v) is 3.85. The number of fused-ring (bicyclic) bond motifs is 1. The molecule has 1 fully saturated rings. The number of rotatable bonds is 7. The number of hydrogen-bond donors (Lipinski definition) is 1. The first-order chi connectivity index (χ1) is 13.3. The van der Waals surface area contributed by atoms with Crippen molar-refractivity contribution in [2.75, 3.05) is 11.9 Å². The van der Waals surface area contributed by atoms with Gasteiger partial charge in [0.05, 0.1) is 12.6 Å². The van der Waals surface area contributed by atoms with Crippen molar-refractivity contribution in [1.82, 2.24) is 20.2 Å². The van der Waals surface area contributed by atoms with Crippen LogP contribution in [0.25, 0.3) is 6.08 Å². The monoisotopic (exact) mass is 365 g/mol. The highest BCUT2D eigenvalue weighted by atomic mass is 16.5. The van der Waals surface area contributed by atoms with E-state index in [1.54, 1.807) is 0 Å². The minimum Gasteiger partial charge on any atom is -0.494 e. The fourth-order valence-electron chi connectivity index (χ4n) is 3.85. The summed E-state index contributed by atoms with van der Waals surface area (Å²) in [6, 6.07) is 6.60. The van der Waals surface area contributed by atoms with Gasteiger partial charge >= 0.3 is 0 Å². The molecule has 0 amide bonds. The lowest BCUT2D eigenvalue weighted by atomic mass is 9.95. The van der Waals surface area contributed by atoms with Gasteiger partial charge in [0.25, 0.3) is 0 Å². The summed E-state index contributed by atoms with van der Waals surface area (Å²) in [7, 11) is 0. The van der Waals surface area contributed by atoms with E-state index >= 15 is 0 Å². The molecule has 0 spiro atoms. The fraction of sp³-hybridized carbons (Fsp3) is 0.476. The van der Waals surface area contributed by atoms with Crippen molar-refractivity contribution in [2.45, 2.75) is 57.4 Å². The summed E-state index contributed by atoms with van der Waals surface area (Å²) in [5.74, 6) is 1.92. The lowest BCUT2D eigenvalue weighted by Crippen LogP contribution is -2.17. The number of hydrogen-bond acceptors (Lipinski definition) is 5. The number of aromatic nitrogens is 4. The van der Waals surface area contributed by atoms with Crippen LogP contribution in [0.5, 0.6) is 5.75 Å². The van der Waals surface area contributed by atoms with Gasteiger partial charge in [0.2, 0.25) is 0 Å². The molecule has 1 aliphatic carbocycles. The summed E-state index contributed by atoms with van der Waals surface area (Å²) in [5, 5.41) is 15.6. The smallest absolute Gasteiger partial charge is 0.151 e. The second-order valence-corrected chi connectivity index (χ2v) is 7.37. The van der Waals surface area contributed by atoms with Gasteiger partial charge < -0.3 is 10.1 Å². The topological polar surface area (TPSA) is 64.9 Å². The first-order valence-electron chi connectivity index (χ1n) is 9.97. The number of unbranched alkanes of at least 4 members (excludes halogenated alkanes) is 1. The summed E-state index contributed by atoms with van der Waals surface area (Å²) in [6.45, 7) is 4.62. The minimum absolute atomic E-state index is 0.494. The largest absolute Gasteiger partial charge is 0.494 e. The molecule has 1 N–H and O–H groups in total. The molecule has 2 heterocycles. The van der Waals surface area contributed by atoms with Crippen LogP contribution in [0.4, 0.5) is 5.69 Å². The van der Waals surface area contributed by atoms with Gasteiger partial charge in [-0.05, 0) is 60.4 Å². The van der Waals surface area contributed by atoms with Crippen molar-refractivity contribution in [3.63, 3.8) is 0 Å². The number of nitrogens with zero attached hydrogens (tertiary/aromatic N) is 4. The number of tetrazole rings is 1. The van der Waals surface area contributed by atoms with Crippen LogP contribution in [-0.2, 0) is 6.42 Å². The van der Waals surface area contributed by atoms with E-state index in [1.807, 2.05) is 18.2 Å². The van der Waals surface area contributed by atoms with Crippen molar-refractivity contribution >= 4 is 11.8 Å². The molecule has 0 radical (unpaired) electrons. The molecule has 6 heteroatoms. The van der Waals surface area contributed by atoms with Crippen LogP contribution in [0.1, 0.15) is 62.4 Å². The molecule has 4 rings (SSSR count). The number of allylic oxidation sites excluding steroid dienone is 1. The number of nitrogens with one attached hydrogen (secondary N) is 1. The second kappa shape index (κ2) is 8.37. The zero-order valence-corrected chi connectivity index (χ0v) is 15.7. The molecule has 142 valence electrons. The lowest BCUT2D eigenvalue weighted by molar-refractivity contribution is 0.300. The molecule has 6 nitrogen and oxygen atoms in total. The number of aryl methyl sites for hydroxylation is 1. The van der Waals surface area contributed by atoms with Crippen LogP contribution in [0.15, 0.2) is 36.6 Å². The summed E-state index contributed by atoms with van der Waals surface area (Å²) >= 11 is 0. The van der Waals surface area contributed by atoms with Crippen LogP contribution in [0.2, 0.25) is 0 Å². The third-order valence-electron chi connectivity index (χ3n) is 5.33. The van der Waals surface area contributed by atoms with Gasteiger partial charge in [0, 0.05) is 23.4 Å². The Balaban J connectivity index is 1.23. The average Bonchev–Trinajstić information content (AvgIpc) is 3.17. The number of ether oxygens (including phenoxy) is 1. The first kappa shape index (κ1) is 17.8. The molecule has 27 heavy (non-hydrogen) atoms. The highest BCUT2D eigenvalue weighted by molar-refractivity contribution is 5.75. The van der Waals surface area contributed by atoms with Crippen molar-refractivity contribution in [3.05, 3.63) is 47.9 Å². The minimum atomic E-state index is 0.494. The van der Waals surface area contributed by atoms with Crippen LogP contribution in [-0.4, -0.2) is 26.8 Å². The van der Waals surface area contributed by atoms with Crippen LogP contribution in [0.3, 0.4) is 0 Å². The maximum atomic E-state index is 5.92. The third kappa shape index (κ3) is 4.38. The highest BCUT2D eigenvalue weighted by Crippen LogP contribution is 2.29. The zero-order valence-electron chi connectivity index (χ0n) is 15.7. The number of benzene rings is 1. The lowest BCUT2D eigenvalue weighted by Gasteiger charge is -2.22. The Morgan fingerprint density at radius 1 is 1.15 bits per heavy atom. The predicted molar refractivity (Wildman–Crippen MR) is 107 cm³/mol. The van der Waals surface area contributed by atoms with E-state index in [2.05, 4.69) is 44.2 Å². The standard InChI is InChI=1S/C21H27N5O/c1-16-10-11-17-15-19(12-13-20(17)22-16)27-14-6-5-9-21-23-24-25-26(21)18-7-3-2-4-8-18/h10-13,15,18,22H,1-9,14H2. The maximum absolute atomic E-state index is 5.92. The molecular formula is C21H27N5O. The summed E-state index contributed by atoms with van der Waals surface area (Å²) in [4.78, 5) is 0. The molecule has 0 bridgehead atoms. The normalized spacial score (nSPS) is 16.8. The van der Waals surface area contributed by atoms with E-state index in [0.717, 1.165) is 47.8 Å². The molecule has 1 saturated carbocycles. The van der Waals surface area contributed by atoms with Gasteiger partial charge in [-0.25, -0.2) is 4.68 Å². The Hall–Kier alpha value is -2.63. The van der Waals surface area contributed by atoms with Crippen molar-refractivity contribution in [2.24, 2.45) is 0 Å². The Morgan fingerprint density at radius 2 is 2.04 bits per heavy atom. The Labute approximate surface area is 160 Å². The zero-order chi connectivity index (χ0) is 18.5. The Morgan fingerprint density at radius 3 is 2.93 bits per heavy atom. The number of anilines is 1. The van der Waals surface area contributed by atoms with Crippen molar-refractivity contribution in [3.8, 4) is 5.75 Å². The van der Waals surface area contributed by atoms with E-state index in [-0.39, 0.29) is 0 Å². The molecule has 0 unspecified atom stereocenters. The summed E-state index contributed by atoms with van der Waals surface area (Å²) in [6.07, 6.45) is 13.3. The van der Waals surface area contributed by atoms with E-state index in [4.69, 9.17) is 4.74 Å². The van der Waals surface area contributed by atoms with Crippen LogP contribution in [0, 0.1) is 0 Å². The van der Waals surface area contributed by atoms with Gasteiger partial charge in [0.1, 0.15) is 5.75 Å². The predicted octanol–water partition coefficient (Wildman–Crippen LogP) is 4.53. The molecule has 2 aromatic rings. The SMILES string of the molecule is C=C1C=Cc2cc(OCCCCc3nnnn3C3CCCCC3)ccc2N1. The molecule has 1 aromatic heterocycles. The van der Waals surface area contributed by atoms with Gasteiger partial charge in [0.15, 0.2) is 5.82 Å². The van der Waals surface area contributed by atoms with Gasteiger partial charge in [-0.1, -0.05) is 31.9 Å². The molecule has 1 aliphatic heterocycles. The average molecular weight is 365 g/mol. The second-order valence-electron chi connectivity index (χ2n) is 7.37. The molecule has 0 saturated heterocycles. The van der Waals surface area contributed by atoms with E-state index < -0.39 is 0 Å². The first-order valence-corrected chi connectivity index (χ1v) is 9.97. The molecule has 0 atom stereocenters. The van der Waals surface area contributed by atoms with Crippen LogP contribution >= 0.6 is 0 Å². The van der Waals surface area contributed by atoms with E-state index in [0.29, 0.717) is 12.6 Å². The summed E-state index contributed by atoms with van der Waals surface area (Å²) in [5.41, 5.74) is 3.11. The van der Waals surface area contributed by atoms with E-state index in [9.17, 15) is 0 Å².